The summed E-state index contributed by atoms with van der Waals surface area (Å²) in [5.74, 6) is -0.458. The Kier molecular flexibility index (Phi) is 5.53. The number of carbonyl (C=O) groups excluding carboxylic acids is 3. The molecule has 0 spiro atoms. The molecular weight excluding hydrogens is 292 g/mol. The van der Waals surface area contributed by atoms with E-state index in [-0.39, 0.29) is 17.6 Å². The molecule has 1 aliphatic carbocycles. The Morgan fingerprint density at radius 2 is 1.70 bits per heavy atom. The van der Waals surface area contributed by atoms with Gasteiger partial charge in [-0.2, -0.15) is 0 Å². The van der Waals surface area contributed by atoms with Crippen LogP contribution in [0.5, 0.6) is 0 Å². The molecule has 5 heteroatoms. The Morgan fingerprint density at radius 1 is 1.04 bits per heavy atom. The number of amides is 2. The van der Waals surface area contributed by atoms with Gasteiger partial charge in [0.25, 0.3) is 0 Å². The molecule has 0 aromatic heterocycles. The standard InChI is InChI=1S/C18H24N2O3/c1-3-4-5-12-19-16(22)18(10-11-18)17(23)20-15-8-6-14(7-9-15)13(2)21/h6-9H,3-5,10-12H2,1-2H3,(H,19,22)(H,20,23). The summed E-state index contributed by atoms with van der Waals surface area (Å²) in [5, 5.41) is 5.65. The molecule has 1 aliphatic rings. The van der Waals surface area contributed by atoms with Crippen molar-refractivity contribution >= 4 is 23.3 Å². The first-order valence-electron chi connectivity index (χ1n) is 8.20. The summed E-state index contributed by atoms with van der Waals surface area (Å²) < 4.78 is 0. The maximum absolute atomic E-state index is 12.4. The average molecular weight is 316 g/mol. The molecule has 2 N–H and O–H groups in total. The Labute approximate surface area is 136 Å². The van der Waals surface area contributed by atoms with E-state index in [4.69, 9.17) is 0 Å². The van der Waals surface area contributed by atoms with Gasteiger partial charge in [-0.25, -0.2) is 0 Å². The summed E-state index contributed by atoms with van der Waals surface area (Å²) in [6, 6.07) is 6.71. The lowest BCUT2D eigenvalue weighted by Crippen LogP contribution is -2.40. The predicted octanol–water partition coefficient (Wildman–Crippen LogP) is 2.91. The summed E-state index contributed by atoms with van der Waals surface area (Å²) in [5.41, 5.74) is 0.286. The molecule has 0 atom stereocenters. The van der Waals surface area contributed by atoms with Crippen molar-refractivity contribution in [3.63, 3.8) is 0 Å². The van der Waals surface area contributed by atoms with Crippen LogP contribution in [-0.4, -0.2) is 24.1 Å². The number of anilines is 1. The SMILES string of the molecule is CCCCCNC(=O)C1(C(=O)Nc2ccc(C(C)=O)cc2)CC1. The molecule has 1 aromatic rings. The molecule has 0 aliphatic heterocycles. The van der Waals surface area contributed by atoms with Crippen molar-refractivity contribution in [2.24, 2.45) is 5.41 Å². The van der Waals surface area contributed by atoms with Gasteiger partial charge >= 0.3 is 0 Å². The molecule has 0 bridgehead atoms. The molecule has 124 valence electrons. The molecule has 0 unspecified atom stereocenters. The topological polar surface area (TPSA) is 75.3 Å². The zero-order valence-electron chi connectivity index (χ0n) is 13.8. The third kappa shape index (κ3) is 4.18. The van der Waals surface area contributed by atoms with E-state index in [1.165, 1.54) is 6.92 Å². The molecule has 2 amide bonds. The van der Waals surface area contributed by atoms with Gasteiger partial charge in [-0.15, -0.1) is 0 Å². The Hall–Kier alpha value is -2.17. The Balaban J connectivity index is 1.91. The van der Waals surface area contributed by atoms with Crippen molar-refractivity contribution < 1.29 is 14.4 Å². The number of hydrogen-bond acceptors (Lipinski definition) is 3. The first-order chi connectivity index (χ1) is 11.0. The molecule has 0 saturated heterocycles. The predicted molar refractivity (Wildman–Crippen MR) is 89.3 cm³/mol. The molecular formula is C18H24N2O3. The molecule has 2 rings (SSSR count). The van der Waals surface area contributed by atoms with Crippen molar-refractivity contribution in [1.29, 1.82) is 0 Å². The smallest absolute Gasteiger partial charge is 0.240 e. The van der Waals surface area contributed by atoms with Gasteiger partial charge in [0.1, 0.15) is 5.41 Å². The highest BCUT2D eigenvalue weighted by Crippen LogP contribution is 2.46. The fraction of sp³-hybridized carbons (Fsp3) is 0.500. The van der Waals surface area contributed by atoms with Gasteiger partial charge in [0, 0.05) is 17.8 Å². The second kappa shape index (κ2) is 7.40. The fourth-order valence-electron chi connectivity index (χ4n) is 2.47. The molecule has 1 aromatic carbocycles. The summed E-state index contributed by atoms with van der Waals surface area (Å²) in [6.45, 7) is 4.22. The van der Waals surface area contributed by atoms with E-state index < -0.39 is 5.41 Å². The van der Waals surface area contributed by atoms with Crippen LogP contribution in [0.1, 0.15) is 56.3 Å². The van der Waals surface area contributed by atoms with Crippen molar-refractivity contribution in [3.8, 4) is 0 Å². The lowest BCUT2D eigenvalue weighted by molar-refractivity contribution is -0.134. The quantitative estimate of drug-likeness (QED) is 0.440. The fourth-order valence-corrected chi connectivity index (χ4v) is 2.47. The average Bonchev–Trinajstić information content (AvgIpc) is 3.34. The van der Waals surface area contributed by atoms with Crippen LogP contribution in [0.25, 0.3) is 0 Å². The highest BCUT2D eigenvalue weighted by Gasteiger charge is 2.56. The molecule has 1 saturated carbocycles. The maximum Gasteiger partial charge on any atom is 0.240 e. The van der Waals surface area contributed by atoms with E-state index in [1.54, 1.807) is 24.3 Å². The number of ketones is 1. The zero-order valence-corrected chi connectivity index (χ0v) is 13.8. The third-order valence-corrected chi connectivity index (χ3v) is 4.23. The van der Waals surface area contributed by atoms with Gasteiger partial charge in [-0.05, 0) is 50.5 Å². The molecule has 1 fully saturated rings. The van der Waals surface area contributed by atoms with E-state index in [9.17, 15) is 14.4 Å². The number of hydrogen-bond donors (Lipinski definition) is 2. The normalized spacial score (nSPS) is 14.9. The number of unbranched alkanes of at least 4 members (excludes halogenated alkanes) is 2. The van der Waals surface area contributed by atoms with Crippen molar-refractivity contribution in [1.82, 2.24) is 5.32 Å². The van der Waals surface area contributed by atoms with E-state index >= 15 is 0 Å². The van der Waals surface area contributed by atoms with Crippen molar-refractivity contribution in [2.75, 3.05) is 11.9 Å². The lowest BCUT2D eigenvalue weighted by atomic mass is 10.0. The largest absolute Gasteiger partial charge is 0.355 e. The maximum atomic E-state index is 12.4. The monoisotopic (exact) mass is 316 g/mol. The minimum absolute atomic E-state index is 0.0204. The Bertz CT molecular complexity index is 589. The summed E-state index contributed by atoms with van der Waals surface area (Å²) in [7, 11) is 0. The van der Waals surface area contributed by atoms with Crippen LogP contribution in [0, 0.1) is 5.41 Å². The summed E-state index contributed by atoms with van der Waals surface area (Å²) >= 11 is 0. The van der Waals surface area contributed by atoms with Crippen LogP contribution < -0.4 is 10.6 Å². The number of nitrogens with one attached hydrogen (secondary N) is 2. The van der Waals surface area contributed by atoms with Crippen molar-refractivity contribution in [2.45, 2.75) is 46.0 Å². The van der Waals surface area contributed by atoms with Crippen LogP contribution in [0.2, 0.25) is 0 Å². The van der Waals surface area contributed by atoms with E-state index in [0.29, 0.717) is 30.6 Å². The summed E-state index contributed by atoms with van der Waals surface area (Å²) in [4.78, 5) is 35.9. The molecule has 5 nitrogen and oxygen atoms in total. The van der Waals surface area contributed by atoms with E-state index in [1.807, 2.05) is 0 Å². The van der Waals surface area contributed by atoms with Crippen molar-refractivity contribution in [3.05, 3.63) is 29.8 Å². The van der Waals surface area contributed by atoms with E-state index in [0.717, 1.165) is 19.3 Å². The first kappa shape index (κ1) is 17.2. The third-order valence-electron chi connectivity index (χ3n) is 4.23. The minimum Gasteiger partial charge on any atom is -0.355 e. The Morgan fingerprint density at radius 3 is 2.22 bits per heavy atom. The molecule has 0 heterocycles. The molecule has 0 radical (unpaired) electrons. The number of rotatable bonds is 8. The number of benzene rings is 1. The van der Waals surface area contributed by atoms with Crippen LogP contribution in [0.15, 0.2) is 24.3 Å². The van der Waals surface area contributed by atoms with Gasteiger partial charge in [0.15, 0.2) is 5.78 Å². The first-order valence-corrected chi connectivity index (χ1v) is 8.20. The van der Waals surface area contributed by atoms with Crippen LogP contribution in [-0.2, 0) is 9.59 Å². The highest BCUT2D eigenvalue weighted by atomic mass is 16.2. The second-order valence-corrected chi connectivity index (χ2v) is 6.13. The van der Waals surface area contributed by atoms with Gasteiger partial charge in [0.2, 0.25) is 11.8 Å². The zero-order chi connectivity index (χ0) is 16.9. The minimum atomic E-state index is -0.911. The second-order valence-electron chi connectivity index (χ2n) is 6.13. The van der Waals surface area contributed by atoms with Gasteiger partial charge in [-0.3, -0.25) is 14.4 Å². The van der Waals surface area contributed by atoms with Gasteiger partial charge < -0.3 is 10.6 Å². The number of Topliss-reactive ketones (excluding diaryl/α,β-unsaturated/α-hetero) is 1. The van der Waals surface area contributed by atoms with Gasteiger partial charge in [-0.1, -0.05) is 19.8 Å². The van der Waals surface area contributed by atoms with E-state index in [2.05, 4.69) is 17.6 Å². The highest BCUT2D eigenvalue weighted by molar-refractivity contribution is 6.13. The molecule has 23 heavy (non-hydrogen) atoms. The number of carbonyl (C=O) groups is 3. The van der Waals surface area contributed by atoms with Crippen LogP contribution >= 0.6 is 0 Å². The summed E-state index contributed by atoms with van der Waals surface area (Å²) in [6.07, 6.45) is 4.28. The van der Waals surface area contributed by atoms with Crippen LogP contribution in [0.3, 0.4) is 0 Å². The lowest BCUT2D eigenvalue weighted by Gasteiger charge is -2.15. The van der Waals surface area contributed by atoms with Crippen LogP contribution in [0.4, 0.5) is 5.69 Å². The van der Waals surface area contributed by atoms with Gasteiger partial charge in [0.05, 0.1) is 0 Å².